The van der Waals surface area contributed by atoms with E-state index in [0.29, 0.717) is 18.1 Å². The first-order valence-corrected chi connectivity index (χ1v) is 11.1. The molecule has 3 aromatic rings. The zero-order valence-electron chi connectivity index (χ0n) is 19.0. The number of aryl methyl sites for hydroxylation is 1. The van der Waals surface area contributed by atoms with Gasteiger partial charge in [-0.25, -0.2) is 0 Å². The zero-order chi connectivity index (χ0) is 24.4. The Labute approximate surface area is 202 Å². The van der Waals surface area contributed by atoms with Gasteiger partial charge in [-0.2, -0.15) is 0 Å². The first-order chi connectivity index (χ1) is 16.3. The molecule has 1 unspecified atom stereocenters. The van der Waals surface area contributed by atoms with Gasteiger partial charge in [-0.05, 0) is 61.4 Å². The second kappa shape index (κ2) is 9.65. The van der Waals surface area contributed by atoms with E-state index in [-0.39, 0.29) is 34.2 Å². The highest BCUT2D eigenvalue weighted by molar-refractivity contribution is 6.46. The molecule has 1 aliphatic heterocycles. The van der Waals surface area contributed by atoms with E-state index in [9.17, 15) is 14.7 Å². The van der Waals surface area contributed by atoms with Crippen LogP contribution in [0.2, 0.25) is 5.02 Å². The number of likely N-dealkylation sites (tertiary alicyclic amines) is 1. The van der Waals surface area contributed by atoms with Crippen molar-refractivity contribution in [2.75, 3.05) is 13.7 Å². The zero-order valence-corrected chi connectivity index (χ0v) is 19.8. The van der Waals surface area contributed by atoms with Crippen LogP contribution in [0.15, 0.2) is 64.8 Å². The molecule has 1 aromatic heterocycles. The second-order valence-corrected chi connectivity index (χ2v) is 8.26. The molecule has 0 bridgehead atoms. The number of furan rings is 1. The van der Waals surface area contributed by atoms with Crippen molar-refractivity contribution in [3.63, 3.8) is 0 Å². The smallest absolute Gasteiger partial charge is 0.296 e. The molecule has 2 aromatic carbocycles. The number of hydrogen-bond donors (Lipinski definition) is 1. The molecule has 0 spiro atoms. The fourth-order valence-electron chi connectivity index (χ4n) is 4.14. The summed E-state index contributed by atoms with van der Waals surface area (Å²) in [5.41, 5.74) is 1.64. The monoisotopic (exact) mass is 481 g/mol. The number of ketones is 1. The van der Waals surface area contributed by atoms with Gasteiger partial charge in [0, 0.05) is 6.54 Å². The average Bonchev–Trinajstić information content (AvgIpc) is 3.41. The van der Waals surface area contributed by atoms with Crippen LogP contribution in [-0.2, 0) is 16.1 Å². The molecule has 1 saturated heterocycles. The fraction of sp³-hybridized carbons (Fsp3) is 0.231. The Bertz CT molecular complexity index is 1260. The van der Waals surface area contributed by atoms with Crippen molar-refractivity contribution < 1.29 is 28.6 Å². The van der Waals surface area contributed by atoms with Crippen LogP contribution < -0.4 is 9.47 Å². The number of carbonyl (C=O) groups excluding carboxylic acids is 2. The van der Waals surface area contributed by atoms with Crippen molar-refractivity contribution in [1.82, 2.24) is 4.90 Å². The number of hydrogen-bond acceptors (Lipinski definition) is 6. The maximum atomic E-state index is 13.2. The fourth-order valence-corrected chi connectivity index (χ4v) is 4.49. The molecule has 7 nitrogen and oxygen atoms in total. The van der Waals surface area contributed by atoms with Crippen LogP contribution in [0.4, 0.5) is 0 Å². The number of amides is 1. The molecule has 4 rings (SSSR count). The summed E-state index contributed by atoms with van der Waals surface area (Å²) >= 11 is 6.31. The molecule has 1 aliphatic rings. The van der Waals surface area contributed by atoms with E-state index in [1.165, 1.54) is 18.3 Å². The first-order valence-electron chi connectivity index (χ1n) is 10.7. The van der Waals surface area contributed by atoms with Crippen molar-refractivity contribution in [2.24, 2.45) is 0 Å². The molecule has 2 heterocycles. The van der Waals surface area contributed by atoms with Gasteiger partial charge in [-0.3, -0.25) is 9.59 Å². The Morgan fingerprint density at radius 2 is 1.97 bits per heavy atom. The Morgan fingerprint density at radius 1 is 1.18 bits per heavy atom. The predicted molar refractivity (Wildman–Crippen MR) is 127 cm³/mol. The molecule has 8 heteroatoms. The number of nitrogens with zero attached hydrogens (tertiary/aromatic N) is 1. The first kappa shape index (κ1) is 23.4. The molecular formula is C26H24ClNO6. The maximum absolute atomic E-state index is 13.2. The number of Topliss-reactive ketones (excluding diaryl/α,β-unsaturated/α-hetero) is 1. The summed E-state index contributed by atoms with van der Waals surface area (Å²) in [5.74, 6) is -0.738. The SMILES string of the molecule is CCOc1cccc(CN2C(=O)C(=O)/C(=C(\O)c3cc(C)cc(Cl)c3OC)C2c2ccco2)c1. The largest absolute Gasteiger partial charge is 0.507 e. The Balaban J connectivity index is 1.85. The third kappa shape index (κ3) is 4.26. The van der Waals surface area contributed by atoms with Gasteiger partial charge in [0.05, 0.1) is 36.1 Å². The molecule has 1 N–H and O–H groups in total. The molecule has 1 atom stereocenters. The van der Waals surface area contributed by atoms with Crippen LogP contribution in [0.5, 0.6) is 11.5 Å². The highest BCUT2D eigenvalue weighted by Gasteiger charge is 2.47. The summed E-state index contributed by atoms with van der Waals surface area (Å²) < 4.78 is 16.5. The van der Waals surface area contributed by atoms with Crippen molar-refractivity contribution in [3.05, 3.63) is 87.8 Å². The summed E-state index contributed by atoms with van der Waals surface area (Å²) in [6.45, 7) is 4.30. The van der Waals surface area contributed by atoms with Crippen molar-refractivity contribution >= 4 is 29.1 Å². The lowest BCUT2D eigenvalue weighted by Crippen LogP contribution is -2.29. The number of carbonyl (C=O) groups is 2. The van der Waals surface area contributed by atoms with Gasteiger partial charge in [-0.15, -0.1) is 0 Å². The average molecular weight is 482 g/mol. The molecule has 34 heavy (non-hydrogen) atoms. The van der Waals surface area contributed by atoms with E-state index >= 15 is 0 Å². The number of methoxy groups -OCH3 is 1. The van der Waals surface area contributed by atoms with Gasteiger partial charge in [0.25, 0.3) is 11.7 Å². The third-order valence-corrected chi connectivity index (χ3v) is 5.84. The lowest BCUT2D eigenvalue weighted by atomic mass is 9.97. The van der Waals surface area contributed by atoms with Gasteiger partial charge in [-0.1, -0.05) is 23.7 Å². The van der Waals surface area contributed by atoms with E-state index in [0.717, 1.165) is 11.1 Å². The number of benzene rings is 2. The van der Waals surface area contributed by atoms with E-state index in [1.54, 1.807) is 31.2 Å². The minimum Gasteiger partial charge on any atom is -0.507 e. The van der Waals surface area contributed by atoms with E-state index < -0.39 is 17.7 Å². The highest BCUT2D eigenvalue weighted by atomic mass is 35.5. The van der Waals surface area contributed by atoms with Gasteiger partial charge < -0.3 is 23.9 Å². The normalized spacial score (nSPS) is 17.3. The molecule has 176 valence electrons. The van der Waals surface area contributed by atoms with E-state index in [2.05, 4.69) is 0 Å². The van der Waals surface area contributed by atoms with Crippen LogP contribution in [0.3, 0.4) is 0 Å². The lowest BCUT2D eigenvalue weighted by molar-refractivity contribution is -0.140. The minimum absolute atomic E-state index is 0.0964. The molecular weight excluding hydrogens is 458 g/mol. The summed E-state index contributed by atoms with van der Waals surface area (Å²) in [6, 6.07) is 13.0. The number of aliphatic hydroxyl groups is 1. The third-order valence-electron chi connectivity index (χ3n) is 5.56. The van der Waals surface area contributed by atoms with E-state index in [1.807, 2.05) is 31.2 Å². The van der Waals surface area contributed by atoms with Crippen LogP contribution >= 0.6 is 11.6 Å². The summed E-state index contributed by atoms with van der Waals surface area (Å²) in [6.07, 6.45) is 1.45. The predicted octanol–water partition coefficient (Wildman–Crippen LogP) is 5.27. The van der Waals surface area contributed by atoms with Crippen molar-refractivity contribution in [3.8, 4) is 11.5 Å². The summed E-state index contributed by atoms with van der Waals surface area (Å²) in [5, 5.41) is 11.6. The van der Waals surface area contributed by atoms with Crippen molar-refractivity contribution in [2.45, 2.75) is 26.4 Å². The summed E-state index contributed by atoms with van der Waals surface area (Å²) in [4.78, 5) is 27.8. The standard InChI is InChI=1S/C26H24ClNO6/c1-4-33-17-8-5-7-16(13-17)14-28-22(20-9-6-10-34-20)21(24(30)26(28)31)23(29)18-11-15(2)12-19(27)25(18)32-3/h5-13,22,29H,4,14H2,1-3H3/b23-21-. The van der Waals surface area contributed by atoms with Gasteiger partial charge in [0.1, 0.15) is 29.1 Å². The van der Waals surface area contributed by atoms with Crippen LogP contribution in [0.25, 0.3) is 5.76 Å². The molecule has 0 saturated carbocycles. The molecule has 0 aliphatic carbocycles. The van der Waals surface area contributed by atoms with Gasteiger partial charge in [0.15, 0.2) is 0 Å². The molecule has 0 radical (unpaired) electrons. The minimum atomic E-state index is -0.935. The Hall–Kier alpha value is -3.71. The quantitative estimate of drug-likeness (QED) is 0.281. The number of rotatable bonds is 7. The maximum Gasteiger partial charge on any atom is 0.296 e. The van der Waals surface area contributed by atoms with Crippen LogP contribution in [-0.4, -0.2) is 35.4 Å². The number of ether oxygens (including phenoxy) is 2. The van der Waals surface area contributed by atoms with Crippen molar-refractivity contribution in [1.29, 1.82) is 0 Å². The second-order valence-electron chi connectivity index (χ2n) is 7.85. The molecule has 1 fully saturated rings. The number of aliphatic hydroxyl groups excluding tert-OH is 1. The Morgan fingerprint density at radius 3 is 2.65 bits per heavy atom. The van der Waals surface area contributed by atoms with E-state index in [4.69, 9.17) is 25.5 Å². The van der Waals surface area contributed by atoms with Crippen LogP contribution in [0.1, 0.15) is 35.4 Å². The number of halogens is 1. The Kier molecular flexibility index (Phi) is 6.65. The van der Waals surface area contributed by atoms with Gasteiger partial charge >= 0.3 is 0 Å². The highest BCUT2D eigenvalue weighted by Crippen LogP contribution is 2.43. The topological polar surface area (TPSA) is 89.2 Å². The lowest BCUT2D eigenvalue weighted by Gasteiger charge is -2.24. The van der Waals surface area contributed by atoms with Gasteiger partial charge in [0.2, 0.25) is 0 Å². The summed E-state index contributed by atoms with van der Waals surface area (Å²) in [7, 11) is 1.42. The van der Waals surface area contributed by atoms with Crippen LogP contribution in [0, 0.1) is 6.92 Å². The molecule has 1 amide bonds.